The summed E-state index contributed by atoms with van der Waals surface area (Å²) in [6, 6.07) is 7.37. The van der Waals surface area contributed by atoms with E-state index in [4.69, 9.17) is 9.47 Å². The standard InChI is InChI=1S/C20H24N4O3/c25-20(17-5-6-21-19(11-17)27-14-15-1-2-15)23-13-16-3-4-18(22-12-16)24-7-9-26-10-8-24/h3-6,11-12,15H,1-2,7-10,13-14H2,(H,23,25). The first-order valence-electron chi connectivity index (χ1n) is 9.42. The molecule has 1 aliphatic carbocycles. The molecule has 2 aliphatic rings. The smallest absolute Gasteiger partial charge is 0.251 e. The zero-order chi connectivity index (χ0) is 18.5. The molecular weight excluding hydrogens is 344 g/mol. The quantitative estimate of drug-likeness (QED) is 0.806. The highest BCUT2D eigenvalue weighted by Crippen LogP contribution is 2.29. The van der Waals surface area contributed by atoms with Gasteiger partial charge in [0.05, 0.1) is 19.8 Å². The van der Waals surface area contributed by atoms with E-state index < -0.39 is 0 Å². The van der Waals surface area contributed by atoms with Gasteiger partial charge in [0.1, 0.15) is 5.82 Å². The Kier molecular flexibility index (Phi) is 5.48. The first kappa shape index (κ1) is 17.7. The van der Waals surface area contributed by atoms with Crippen LogP contribution in [0.3, 0.4) is 0 Å². The van der Waals surface area contributed by atoms with Gasteiger partial charge < -0.3 is 19.7 Å². The molecule has 0 radical (unpaired) electrons. The van der Waals surface area contributed by atoms with Crippen molar-refractivity contribution in [2.75, 3.05) is 37.8 Å². The minimum absolute atomic E-state index is 0.147. The third-order valence-corrected chi connectivity index (χ3v) is 4.76. The molecule has 3 heterocycles. The molecule has 1 saturated heterocycles. The lowest BCUT2D eigenvalue weighted by molar-refractivity contribution is 0.0950. The van der Waals surface area contributed by atoms with Crippen LogP contribution in [0, 0.1) is 5.92 Å². The Morgan fingerprint density at radius 3 is 2.81 bits per heavy atom. The first-order valence-corrected chi connectivity index (χ1v) is 9.42. The van der Waals surface area contributed by atoms with Crippen LogP contribution in [-0.4, -0.2) is 48.8 Å². The molecular formula is C20H24N4O3. The van der Waals surface area contributed by atoms with Crippen LogP contribution in [0.25, 0.3) is 0 Å². The second-order valence-corrected chi connectivity index (χ2v) is 6.94. The molecule has 0 atom stereocenters. The van der Waals surface area contributed by atoms with Gasteiger partial charge in [-0.15, -0.1) is 0 Å². The van der Waals surface area contributed by atoms with Gasteiger partial charge in [-0.25, -0.2) is 9.97 Å². The van der Waals surface area contributed by atoms with Gasteiger partial charge in [0.25, 0.3) is 5.91 Å². The van der Waals surface area contributed by atoms with Crippen LogP contribution in [-0.2, 0) is 11.3 Å². The van der Waals surface area contributed by atoms with Crippen molar-refractivity contribution < 1.29 is 14.3 Å². The van der Waals surface area contributed by atoms with Crippen molar-refractivity contribution in [2.24, 2.45) is 5.92 Å². The summed E-state index contributed by atoms with van der Waals surface area (Å²) >= 11 is 0. The average molecular weight is 368 g/mol. The molecule has 1 N–H and O–H groups in total. The van der Waals surface area contributed by atoms with Gasteiger partial charge in [0, 0.05) is 43.7 Å². The SMILES string of the molecule is O=C(NCc1ccc(N2CCOCC2)nc1)c1ccnc(OCC2CC2)c1. The number of nitrogens with one attached hydrogen (secondary N) is 1. The Morgan fingerprint density at radius 2 is 2.07 bits per heavy atom. The number of morpholine rings is 1. The van der Waals surface area contributed by atoms with Crippen LogP contribution >= 0.6 is 0 Å². The van der Waals surface area contributed by atoms with E-state index in [0.29, 0.717) is 30.5 Å². The van der Waals surface area contributed by atoms with Crippen molar-refractivity contribution in [3.63, 3.8) is 0 Å². The second-order valence-electron chi connectivity index (χ2n) is 6.94. The fraction of sp³-hybridized carbons (Fsp3) is 0.450. The lowest BCUT2D eigenvalue weighted by Crippen LogP contribution is -2.36. The summed E-state index contributed by atoms with van der Waals surface area (Å²) in [4.78, 5) is 23.3. The molecule has 7 heteroatoms. The molecule has 0 unspecified atom stereocenters. The third kappa shape index (κ3) is 4.95. The van der Waals surface area contributed by atoms with Crippen LogP contribution in [0.15, 0.2) is 36.7 Å². The van der Waals surface area contributed by atoms with E-state index in [0.717, 1.165) is 37.7 Å². The van der Waals surface area contributed by atoms with Crippen LogP contribution in [0.2, 0.25) is 0 Å². The number of nitrogens with zero attached hydrogens (tertiary/aromatic N) is 3. The van der Waals surface area contributed by atoms with Crippen molar-refractivity contribution in [3.8, 4) is 5.88 Å². The number of anilines is 1. The van der Waals surface area contributed by atoms with Crippen LogP contribution < -0.4 is 15.0 Å². The Morgan fingerprint density at radius 1 is 1.22 bits per heavy atom. The van der Waals surface area contributed by atoms with Crippen molar-refractivity contribution in [1.82, 2.24) is 15.3 Å². The van der Waals surface area contributed by atoms with Gasteiger partial charge in [-0.3, -0.25) is 4.79 Å². The molecule has 1 aliphatic heterocycles. The highest BCUT2D eigenvalue weighted by molar-refractivity contribution is 5.94. The molecule has 142 valence electrons. The number of carbonyl (C=O) groups excluding carboxylic acids is 1. The lowest BCUT2D eigenvalue weighted by Gasteiger charge is -2.27. The number of pyridine rings is 2. The van der Waals surface area contributed by atoms with E-state index in [-0.39, 0.29) is 5.91 Å². The molecule has 2 fully saturated rings. The predicted molar refractivity (Wildman–Crippen MR) is 101 cm³/mol. The van der Waals surface area contributed by atoms with Crippen LogP contribution in [0.1, 0.15) is 28.8 Å². The van der Waals surface area contributed by atoms with E-state index in [1.54, 1.807) is 18.3 Å². The summed E-state index contributed by atoms with van der Waals surface area (Å²) in [5.41, 5.74) is 1.51. The first-order chi connectivity index (χ1) is 13.3. The molecule has 0 aromatic carbocycles. The number of aromatic nitrogens is 2. The van der Waals surface area contributed by atoms with Crippen molar-refractivity contribution in [2.45, 2.75) is 19.4 Å². The lowest BCUT2D eigenvalue weighted by atomic mass is 10.2. The average Bonchev–Trinajstić information content (AvgIpc) is 3.56. The van der Waals surface area contributed by atoms with Crippen molar-refractivity contribution in [3.05, 3.63) is 47.8 Å². The molecule has 1 amide bonds. The summed E-state index contributed by atoms with van der Waals surface area (Å²) in [5, 5.41) is 2.92. The fourth-order valence-corrected chi connectivity index (χ4v) is 2.90. The molecule has 4 rings (SSSR count). The number of carbonyl (C=O) groups is 1. The van der Waals surface area contributed by atoms with Crippen LogP contribution in [0.5, 0.6) is 5.88 Å². The highest BCUT2D eigenvalue weighted by Gasteiger charge is 2.22. The third-order valence-electron chi connectivity index (χ3n) is 4.76. The summed E-state index contributed by atoms with van der Waals surface area (Å²) in [6.07, 6.45) is 5.86. The summed E-state index contributed by atoms with van der Waals surface area (Å²) in [6.45, 7) is 4.29. The molecule has 2 aromatic rings. The summed E-state index contributed by atoms with van der Waals surface area (Å²) in [7, 11) is 0. The van der Waals surface area contributed by atoms with Gasteiger partial charge >= 0.3 is 0 Å². The van der Waals surface area contributed by atoms with Crippen molar-refractivity contribution >= 4 is 11.7 Å². The van der Waals surface area contributed by atoms with E-state index in [2.05, 4.69) is 20.2 Å². The number of ether oxygens (including phenoxy) is 2. The van der Waals surface area contributed by atoms with E-state index in [1.165, 1.54) is 12.8 Å². The zero-order valence-electron chi connectivity index (χ0n) is 15.3. The Balaban J connectivity index is 1.30. The van der Waals surface area contributed by atoms with Crippen LogP contribution in [0.4, 0.5) is 5.82 Å². The minimum Gasteiger partial charge on any atom is -0.477 e. The maximum absolute atomic E-state index is 12.4. The maximum atomic E-state index is 12.4. The Bertz CT molecular complexity index is 771. The number of rotatable bonds is 7. The summed E-state index contributed by atoms with van der Waals surface area (Å²) < 4.78 is 11.0. The monoisotopic (exact) mass is 368 g/mol. The van der Waals surface area contributed by atoms with Gasteiger partial charge in [0.2, 0.25) is 5.88 Å². The fourth-order valence-electron chi connectivity index (χ4n) is 2.90. The van der Waals surface area contributed by atoms with Crippen molar-refractivity contribution in [1.29, 1.82) is 0 Å². The van der Waals surface area contributed by atoms with E-state index in [9.17, 15) is 4.79 Å². The number of hydrogen-bond donors (Lipinski definition) is 1. The molecule has 27 heavy (non-hydrogen) atoms. The Hall–Kier alpha value is -2.67. The molecule has 7 nitrogen and oxygen atoms in total. The van der Waals surface area contributed by atoms with Gasteiger partial charge in [-0.2, -0.15) is 0 Å². The highest BCUT2D eigenvalue weighted by atomic mass is 16.5. The maximum Gasteiger partial charge on any atom is 0.251 e. The topological polar surface area (TPSA) is 76.6 Å². The van der Waals surface area contributed by atoms with E-state index >= 15 is 0 Å². The predicted octanol–water partition coefficient (Wildman–Crippen LogP) is 2.03. The minimum atomic E-state index is -0.147. The van der Waals surface area contributed by atoms with Gasteiger partial charge in [-0.05, 0) is 36.5 Å². The van der Waals surface area contributed by atoms with E-state index in [1.807, 2.05) is 18.3 Å². The van der Waals surface area contributed by atoms with Gasteiger partial charge in [0.15, 0.2) is 0 Å². The number of amides is 1. The second kappa shape index (κ2) is 8.35. The largest absolute Gasteiger partial charge is 0.477 e. The normalized spacial score (nSPS) is 16.8. The molecule has 0 bridgehead atoms. The molecule has 0 spiro atoms. The molecule has 1 saturated carbocycles. The zero-order valence-corrected chi connectivity index (χ0v) is 15.3. The van der Waals surface area contributed by atoms with Gasteiger partial charge in [-0.1, -0.05) is 6.07 Å². The summed E-state index contributed by atoms with van der Waals surface area (Å²) in [5.74, 6) is 1.95. The molecule has 2 aromatic heterocycles. The number of hydrogen-bond acceptors (Lipinski definition) is 6. The Labute approximate surface area is 158 Å².